The van der Waals surface area contributed by atoms with Crippen molar-refractivity contribution in [3.8, 4) is 5.69 Å². The summed E-state index contributed by atoms with van der Waals surface area (Å²) < 4.78 is 2.25. The summed E-state index contributed by atoms with van der Waals surface area (Å²) in [6.07, 6.45) is 1.80. The molecule has 0 spiro atoms. The lowest BCUT2D eigenvalue weighted by Gasteiger charge is -2.28. The molecular formula is C21H22N4OS. The van der Waals surface area contributed by atoms with E-state index in [1.54, 1.807) is 6.20 Å². The number of pyridine rings is 1. The molecule has 27 heavy (non-hydrogen) atoms. The maximum absolute atomic E-state index is 9.61. The number of rotatable bonds is 5. The van der Waals surface area contributed by atoms with Crippen LogP contribution in [0.3, 0.4) is 0 Å². The lowest BCUT2D eigenvalue weighted by atomic mass is 10.0. The molecule has 0 saturated carbocycles. The molecule has 6 heteroatoms. The van der Waals surface area contributed by atoms with Gasteiger partial charge in [0.2, 0.25) is 0 Å². The van der Waals surface area contributed by atoms with Crippen molar-refractivity contribution in [2.75, 3.05) is 13.2 Å². The number of aliphatic hydroxyl groups is 1. The summed E-state index contributed by atoms with van der Waals surface area (Å²) in [5, 5.41) is 13.7. The van der Waals surface area contributed by atoms with Crippen molar-refractivity contribution in [3.63, 3.8) is 0 Å². The van der Waals surface area contributed by atoms with Gasteiger partial charge in [-0.15, -0.1) is 0 Å². The smallest absolute Gasteiger partial charge is 0.170 e. The van der Waals surface area contributed by atoms with E-state index in [0.29, 0.717) is 11.7 Å². The minimum absolute atomic E-state index is 0.0400. The topological polar surface area (TPSA) is 53.3 Å². The minimum Gasteiger partial charge on any atom is -0.395 e. The van der Waals surface area contributed by atoms with E-state index in [1.165, 1.54) is 0 Å². The molecule has 4 rings (SSSR count). The maximum atomic E-state index is 9.61. The lowest BCUT2D eigenvalue weighted by Crippen LogP contribution is -2.33. The average molecular weight is 379 g/mol. The highest BCUT2D eigenvalue weighted by Gasteiger charge is 2.41. The van der Waals surface area contributed by atoms with Crippen LogP contribution in [0.1, 0.15) is 29.2 Å². The molecule has 0 radical (unpaired) electrons. The highest BCUT2D eigenvalue weighted by Crippen LogP contribution is 2.39. The van der Waals surface area contributed by atoms with E-state index in [-0.39, 0.29) is 18.7 Å². The van der Waals surface area contributed by atoms with Gasteiger partial charge < -0.3 is 19.9 Å². The van der Waals surface area contributed by atoms with Gasteiger partial charge in [-0.2, -0.15) is 0 Å². The molecule has 1 aliphatic heterocycles. The molecule has 1 saturated heterocycles. The van der Waals surface area contributed by atoms with Gasteiger partial charge in [-0.25, -0.2) is 0 Å². The van der Waals surface area contributed by atoms with E-state index < -0.39 is 0 Å². The fourth-order valence-corrected chi connectivity index (χ4v) is 4.13. The third-order valence-electron chi connectivity index (χ3n) is 4.96. The molecule has 2 N–H and O–H groups in total. The Bertz CT molecular complexity index is 926. The molecule has 138 valence electrons. The van der Waals surface area contributed by atoms with Gasteiger partial charge >= 0.3 is 0 Å². The molecule has 5 nitrogen and oxygen atoms in total. The quantitative estimate of drug-likeness (QED) is 0.668. The van der Waals surface area contributed by atoms with Crippen LogP contribution in [-0.4, -0.2) is 37.8 Å². The first-order valence-electron chi connectivity index (χ1n) is 9.03. The molecule has 3 aromatic rings. The zero-order valence-electron chi connectivity index (χ0n) is 15.1. The predicted octanol–water partition coefficient (Wildman–Crippen LogP) is 3.15. The van der Waals surface area contributed by atoms with Crippen molar-refractivity contribution in [1.82, 2.24) is 19.8 Å². The van der Waals surface area contributed by atoms with E-state index in [1.807, 2.05) is 36.4 Å². The monoisotopic (exact) mass is 378 g/mol. The van der Waals surface area contributed by atoms with Crippen molar-refractivity contribution in [2.24, 2.45) is 0 Å². The van der Waals surface area contributed by atoms with Crippen LogP contribution in [0.2, 0.25) is 0 Å². The number of aryl methyl sites for hydroxylation is 1. The van der Waals surface area contributed by atoms with Crippen LogP contribution in [-0.2, 0) is 0 Å². The number of nitrogens with zero attached hydrogens (tertiary/aromatic N) is 3. The second kappa shape index (κ2) is 7.50. The Kier molecular flexibility index (Phi) is 4.92. The normalized spacial score (nSPS) is 19.3. The standard InChI is InChI=1S/C21H22N4OS/c1-15-10-11-18(25(15)16-7-3-2-4-8-16)20-19(17-9-5-6-12-22-17)23-21(27)24(20)13-14-26/h2-12,19-20,26H,13-14H2,1H3,(H,23,27). The van der Waals surface area contributed by atoms with Crippen LogP contribution >= 0.6 is 12.2 Å². The van der Waals surface area contributed by atoms with Gasteiger partial charge in [0.05, 0.1) is 24.4 Å². The average Bonchev–Trinajstić information content (AvgIpc) is 3.23. The van der Waals surface area contributed by atoms with Gasteiger partial charge in [0.25, 0.3) is 0 Å². The van der Waals surface area contributed by atoms with Crippen LogP contribution < -0.4 is 5.32 Å². The van der Waals surface area contributed by atoms with Gasteiger partial charge in [0.1, 0.15) is 0 Å². The zero-order valence-corrected chi connectivity index (χ0v) is 15.9. The number of β-amino-alcohol motifs (C(OH)–C–C–N with tert-alkyl or cyclic N) is 1. The van der Waals surface area contributed by atoms with Crippen LogP contribution in [0.5, 0.6) is 0 Å². The summed E-state index contributed by atoms with van der Waals surface area (Å²) in [5.74, 6) is 0. The molecule has 0 amide bonds. The third kappa shape index (κ3) is 3.22. The van der Waals surface area contributed by atoms with Crippen molar-refractivity contribution in [2.45, 2.75) is 19.0 Å². The molecule has 2 aromatic heterocycles. The second-order valence-electron chi connectivity index (χ2n) is 6.61. The Morgan fingerprint density at radius 1 is 1.07 bits per heavy atom. The first kappa shape index (κ1) is 17.7. The number of thiocarbonyl (C=S) groups is 1. The number of hydrogen-bond acceptors (Lipinski definition) is 3. The summed E-state index contributed by atoms with van der Waals surface area (Å²) in [6.45, 7) is 2.61. The van der Waals surface area contributed by atoms with Crippen molar-refractivity contribution in [3.05, 3.63) is 83.9 Å². The minimum atomic E-state index is -0.0815. The number of nitrogens with one attached hydrogen (secondary N) is 1. The fourth-order valence-electron chi connectivity index (χ4n) is 3.79. The molecule has 1 aliphatic rings. The second-order valence-corrected chi connectivity index (χ2v) is 7.00. The largest absolute Gasteiger partial charge is 0.395 e. The number of benzene rings is 1. The molecule has 3 heterocycles. The zero-order chi connectivity index (χ0) is 18.8. The van der Waals surface area contributed by atoms with E-state index >= 15 is 0 Å². The summed E-state index contributed by atoms with van der Waals surface area (Å²) in [4.78, 5) is 6.61. The van der Waals surface area contributed by atoms with Gasteiger partial charge in [0, 0.05) is 29.8 Å². The number of aromatic nitrogens is 2. The van der Waals surface area contributed by atoms with Crippen LogP contribution in [0.15, 0.2) is 66.9 Å². The summed E-state index contributed by atoms with van der Waals surface area (Å²) in [6, 6.07) is 20.3. The SMILES string of the molecule is Cc1ccc(C2C(c3ccccn3)NC(=S)N2CCO)n1-c1ccccc1. The molecule has 0 bridgehead atoms. The molecular weight excluding hydrogens is 356 g/mol. The van der Waals surface area contributed by atoms with Crippen LogP contribution in [0, 0.1) is 6.92 Å². The molecule has 1 fully saturated rings. The number of hydrogen-bond donors (Lipinski definition) is 2. The Morgan fingerprint density at radius 3 is 2.56 bits per heavy atom. The van der Waals surface area contributed by atoms with Gasteiger partial charge in [-0.3, -0.25) is 4.98 Å². The van der Waals surface area contributed by atoms with E-state index in [2.05, 4.69) is 51.0 Å². The summed E-state index contributed by atoms with van der Waals surface area (Å²) >= 11 is 5.59. The first-order valence-corrected chi connectivity index (χ1v) is 9.44. The van der Waals surface area contributed by atoms with E-state index in [9.17, 15) is 5.11 Å². The molecule has 2 unspecified atom stereocenters. The van der Waals surface area contributed by atoms with Crippen molar-refractivity contribution >= 4 is 17.3 Å². The van der Waals surface area contributed by atoms with Gasteiger partial charge in [0.15, 0.2) is 5.11 Å². The Hall–Kier alpha value is -2.70. The van der Waals surface area contributed by atoms with Gasteiger partial charge in [-0.05, 0) is 55.5 Å². The molecule has 2 atom stereocenters. The van der Waals surface area contributed by atoms with Crippen molar-refractivity contribution in [1.29, 1.82) is 0 Å². The third-order valence-corrected chi connectivity index (χ3v) is 5.31. The summed E-state index contributed by atoms with van der Waals surface area (Å²) in [5.41, 5.74) is 4.31. The number of aliphatic hydroxyl groups excluding tert-OH is 1. The lowest BCUT2D eigenvalue weighted by molar-refractivity contribution is 0.220. The first-order chi connectivity index (χ1) is 13.2. The summed E-state index contributed by atoms with van der Waals surface area (Å²) in [7, 11) is 0. The van der Waals surface area contributed by atoms with E-state index in [0.717, 1.165) is 22.8 Å². The Labute approximate surface area is 164 Å². The van der Waals surface area contributed by atoms with Gasteiger partial charge in [-0.1, -0.05) is 24.3 Å². The molecule has 1 aromatic carbocycles. The van der Waals surface area contributed by atoms with Crippen molar-refractivity contribution < 1.29 is 5.11 Å². The highest BCUT2D eigenvalue weighted by molar-refractivity contribution is 7.80. The maximum Gasteiger partial charge on any atom is 0.170 e. The van der Waals surface area contributed by atoms with Crippen LogP contribution in [0.4, 0.5) is 0 Å². The molecule has 0 aliphatic carbocycles. The Balaban J connectivity index is 1.85. The van der Waals surface area contributed by atoms with E-state index in [4.69, 9.17) is 12.2 Å². The highest BCUT2D eigenvalue weighted by atomic mass is 32.1. The predicted molar refractivity (Wildman–Crippen MR) is 110 cm³/mol. The Morgan fingerprint density at radius 2 is 1.85 bits per heavy atom. The van der Waals surface area contributed by atoms with Crippen LogP contribution in [0.25, 0.3) is 5.69 Å². The fraction of sp³-hybridized carbons (Fsp3) is 0.238. The number of para-hydroxylation sites is 1.